The first-order valence-electron chi connectivity index (χ1n) is 4.02. The normalized spacial score (nSPS) is 9.81. The maximum atomic E-state index is 8.25. The fourth-order valence-corrected chi connectivity index (χ4v) is 0.680. The molecule has 0 fully saturated rings. The van der Waals surface area contributed by atoms with Crippen molar-refractivity contribution in [3.8, 4) is 0 Å². The number of alkyl halides is 6. The highest BCUT2D eigenvalue weighted by Gasteiger charge is 2.17. The number of aliphatic hydroxyl groups excluding tert-OH is 2. The Balaban J connectivity index is -0.000000179. The van der Waals surface area contributed by atoms with Crippen LogP contribution in [0.4, 0.5) is 0 Å². The molecule has 16 heavy (non-hydrogen) atoms. The molecule has 0 aliphatic carbocycles. The topological polar surface area (TPSA) is 40.5 Å². The van der Waals surface area contributed by atoms with Crippen LogP contribution >= 0.6 is 69.6 Å². The van der Waals surface area contributed by atoms with Gasteiger partial charge in [0.25, 0.3) is 0 Å². The van der Waals surface area contributed by atoms with Gasteiger partial charge in [-0.3, -0.25) is 0 Å². The van der Waals surface area contributed by atoms with Gasteiger partial charge in [-0.25, -0.2) is 0 Å². The second-order valence-electron chi connectivity index (χ2n) is 2.16. The van der Waals surface area contributed by atoms with E-state index in [-0.39, 0.29) is 13.2 Å². The van der Waals surface area contributed by atoms with E-state index < -0.39 is 8.09 Å². The number of halogens is 6. The molecule has 0 aromatic heterocycles. The van der Waals surface area contributed by atoms with E-state index in [0.29, 0.717) is 12.8 Å². The van der Waals surface area contributed by atoms with Crippen molar-refractivity contribution in [3.63, 3.8) is 0 Å². The van der Waals surface area contributed by atoms with Gasteiger partial charge in [0.2, 0.25) is 0 Å². The van der Waals surface area contributed by atoms with Gasteiger partial charge >= 0.3 is 0 Å². The molecule has 0 aromatic rings. The van der Waals surface area contributed by atoms with E-state index in [0.717, 1.165) is 0 Å². The zero-order chi connectivity index (χ0) is 13.6. The summed E-state index contributed by atoms with van der Waals surface area (Å²) >= 11 is 30.4. The zero-order valence-electron chi connectivity index (χ0n) is 8.35. The first-order chi connectivity index (χ1) is 7.21. The van der Waals surface area contributed by atoms with E-state index >= 15 is 0 Å². The lowest BCUT2D eigenvalue weighted by atomic mass is 10.4. The van der Waals surface area contributed by atoms with Gasteiger partial charge in [-0.1, -0.05) is 75.7 Å². The molecule has 0 saturated heterocycles. The van der Waals surface area contributed by atoms with E-state index in [1.807, 2.05) is 0 Å². The van der Waals surface area contributed by atoms with Gasteiger partial charge in [-0.15, -0.1) is 6.58 Å². The fourth-order valence-electron chi connectivity index (χ4n) is 0.280. The number of aliphatic hydroxyl groups is 2. The van der Waals surface area contributed by atoms with E-state index in [2.05, 4.69) is 6.58 Å². The Morgan fingerprint density at radius 2 is 1.44 bits per heavy atom. The van der Waals surface area contributed by atoms with Crippen molar-refractivity contribution in [2.45, 2.75) is 20.9 Å². The van der Waals surface area contributed by atoms with Crippen LogP contribution in [0, 0.1) is 0 Å². The minimum Gasteiger partial charge on any atom is -0.396 e. The average Bonchev–Trinajstić information content (AvgIpc) is 2.13. The predicted octanol–water partition coefficient (Wildman–Crippen LogP) is 4.28. The molecule has 0 spiro atoms. The Bertz CT molecular complexity index is 134. The summed E-state index contributed by atoms with van der Waals surface area (Å²) < 4.78 is -1.94. The summed E-state index contributed by atoms with van der Waals surface area (Å²) in [6.07, 6.45) is 2.38. The Morgan fingerprint density at radius 1 is 1.12 bits per heavy atom. The smallest absolute Gasteiger partial charge is 0.190 e. The summed E-state index contributed by atoms with van der Waals surface area (Å²) in [6.45, 7) is 3.39. The van der Waals surface area contributed by atoms with Crippen LogP contribution in [0.5, 0.6) is 0 Å². The molecule has 8 heteroatoms. The van der Waals surface area contributed by atoms with Crippen molar-refractivity contribution in [1.82, 2.24) is 0 Å². The van der Waals surface area contributed by atoms with E-state index in [4.69, 9.17) is 79.8 Å². The summed E-state index contributed by atoms with van der Waals surface area (Å²) in [7, 11) is 0. The molecule has 0 bridgehead atoms. The third-order valence-corrected chi connectivity index (χ3v) is 1.31. The summed E-state index contributed by atoms with van der Waals surface area (Å²) in [6, 6.07) is 0. The van der Waals surface area contributed by atoms with Crippen LogP contribution in [-0.4, -0.2) is 31.5 Å². The quantitative estimate of drug-likeness (QED) is 0.586. The largest absolute Gasteiger partial charge is 0.396 e. The number of hydrogen-bond acceptors (Lipinski definition) is 2. The predicted molar refractivity (Wildman–Crippen MR) is 75.2 cm³/mol. The van der Waals surface area contributed by atoms with Gasteiger partial charge in [-0.2, -0.15) is 0 Å². The Morgan fingerprint density at radius 3 is 1.50 bits per heavy atom. The molecule has 0 amide bonds. The van der Waals surface area contributed by atoms with Crippen LogP contribution in [0.1, 0.15) is 12.8 Å². The summed E-state index contributed by atoms with van der Waals surface area (Å²) in [4.78, 5) is 0. The molecule has 0 heterocycles. The highest BCUT2D eigenvalue weighted by Crippen LogP contribution is 2.30. The molecule has 0 aromatic carbocycles. The molecule has 0 unspecified atom stereocenters. The monoisotopic (exact) mass is 352 g/mol. The van der Waals surface area contributed by atoms with Crippen molar-refractivity contribution in [2.24, 2.45) is 0 Å². The molecule has 0 radical (unpaired) electrons. The first-order valence-corrected chi connectivity index (χ1v) is 6.47. The van der Waals surface area contributed by atoms with Crippen LogP contribution in [0.15, 0.2) is 12.7 Å². The Labute approximate surface area is 126 Å². The minimum absolute atomic E-state index is 0.0773. The molecule has 2 nitrogen and oxygen atoms in total. The molecule has 0 saturated carbocycles. The molecule has 0 aliphatic rings. The third-order valence-electron chi connectivity index (χ3n) is 0.747. The second-order valence-corrected chi connectivity index (χ2v) is 6.66. The molecule has 0 aliphatic heterocycles. The average molecular weight is 355 g/mol. The number of rotatable bonds is 3. The van der Waals surface area contributed by atoms with Crippen molar-refractivity contribution < 1.29 is 10.2 Å². The molecule has 100 valence electrons. The first kappa shape index (κ1) is 22.6. The van der Waals surface area contributed by atoms with Gasteiger partial charge in [0.15, 0.2) is 8.09 Å². The van der Waals surface area contributed by atoms with E-state index in [1.165, 1.54) is 6.08 Å². The maximum absolute atomic E-state index is 8.25. The SMILES string of the molecule is C=CCO.ClC(Cl)Cl.OCCCC(Cl)(Cl)Cl. The Hall–Kier alpha value is 1.40. The van der Waals surface area contributed by atoms with Gasteiger partial charge in [-0.05, 0) is 12.8 Å². The van der Waals surface area contributed by atoms with Gasteiger partial charge in [0.1, 0.15) is 0 Å². The lowest BCUT2D eigenvalue weighted by Gasteiger charge is -2.07. The molecule has 2 N–H and O–H groups in total. The lowest BCUT2D eigenvalue weighted by molar-refractivity contribution is 0.285. The zero-order valence-corrected chi connectivity index (χ0v) is 12.9. The maximum Gasteiger partial charge on any atom is 0.190 e. The molecular formula is C8H14Cl6O2. The van der Waals surface area contributed by atoms with Crippen molar-refractivity contribution in [3.05, 3.63) is 12.7 Å². The molecule has 0 atom stereocenters. The van der Waals surface area contributed by atoms with E-state index in [9.17, 15) is 0 Å². The standard InChI is InChI=1S/C4H7Cl3O.C3H6O.CHCl3/c5-4(6,7)2-1-3-8;1-2-3-4;2-1(3)4/h8H,1-3H2;2,4H,1,3H2;1H. The van der Waals surface area contributed by atoms with Crippen molar-refractivity contribution >= 4 is 69.6 Å². The third kappa shape index (κ3) is 58.3. The highest BCUT2D eigenvalue weighted by atomic mass is 35.6. The summed E-state index contributed by atoms with van der Waals surface area (Å²) in [5, 5.41) is 16.0. The molecule has 0 rings (SSSR count). The van der Waals surface area contributed by atoms with Crippen LogP contribution in [0.2, 0.25) is 0 Å². The van der Waals surface area contributed by atoms with Gasteiger partial charge in [0.05, 0.1) is 6.61 Å². The van der Waals surface area contributed by atoms with Gasteiger partial charge in [0, 0.05) is 6.61 Å². The van der Waals surface area contributed by atoms with Crippen molar-refractivity contribution in [1.29, 1.82) is 0 Å². The van der Waals surface area contributed by atoms with Crippen LogP contribution < -0.4 is 0 Å². The van der Waals surface area contributed by atoms with Crippen LogP contribution in [0.25, 0.3) is 0 Å². The lowest BCUT2D eigenvalue weighted by Crippen LogP contribution is -2.02. The molecular weight excluding hydrogens is 341 g/mol. The van der Waals surface area contributed by atoms with E-state index in [1.54, 1.807) is 0 Å². The number of hydrogen-bond donors (Lipinski definition) is 2. The second kappa shape index (κ2) is 16.4. The minimum atomic E-state index is -1.19. The summed E-state index contributed by atoms with van der Waals surface area (Å²) in [5.41, 5.74) is 0. The highest BCUT2D eigenvalue weighted by molar-refractivity contribution is 6.67. The summed E-state index contributed by atoms with van der Waals surface area (Å²) in [5.74, 6) is 0. The van der Waals surface area contributed by atoms with Crippen molar-refractivity contribution in [2.75, 3.05) is 13.2 Å². The Kier molecular flexibility index (Phi) is 23.1. The fraction of sp³-hybridized carbons (Fsp3) is 0.750. The van der Waals surface area contributed by atoms with Crippen LogP contribution in [0.3, 0.4) is 0 Å². The van der Waals surface area contributed by atoms with Gasteiger partial charge < -0.3 is 10.2 Å². The van der Waals surface area contributed by atoms with Crippen LogP contribution in [-0.2, 0) is 0 Å².